The zero-order valence-electron chi connectivity index (χ0n) is 15.0. The summed E-state index contributed by atoms with van der Waals surface area (Å²) in [6.07, 6.45) is 11.5. The fraction of sp³-hybridized carbons (Fsp3) is 0.333. The van der Waals surface area contributed by atoms with Gasteiger partial charge in [-0.15, -0.1) is 5.10 Å². The Balaban J connectivity index is 1.56. The number of ether oxygens (including phenoxy) is 2. The second kappa shape index (κ2) is 6.20. The summed E-state index contributed by atoms with van der Waals surface area (Å²) in [5.41, 5.74) is 2.67. The summed E-state index contributed by atoms with van der Waals surface area (Å²) in [5, 5.41) is 7.94. The summed E-state index contributed by atoms with van der Waals surface area (Å²) >= 11 is 0. The van der Waals surface area contributed by atoms with Crippen molar-refractivity contribution in [2.24, 2.45) is 0 Å². The number of fused-ring (bicyclic) bond motifs is 2. The molecule has 1 aliphatic rings. The van der Waals surface area contributed by atoms with Crippen LogP contribution in [0.4, 0.5) is 5.95 Å². The Labute approximate surface area is 155 Å². The van der Waals surface area contributed by atoms with Crippen molar-refractivity contribution < 1.29 is 9.47 Å². The highest BCUT2D eigenvalue weighted by Crippen LogP contribution is 2.32. The van der Waals surface area contributed by atoms with Crippen LogP contribution >= 0.6 is 0 Å². The van der Waals surface area contributed by atoms with Gasteiger partial charge in [0.15, 0.2) is 0 Å². The van der Waals surface area contributed by atoms with Crippen molar-refractivity contribution in [2.75, 3.05) is 19.5 Å². The molecule has 4 aromatic rings. The van der Waals surface area contributed by atoms with Gasteiger partial charge in [0.05, 0.1) is 19.3 Å². The lowest BCUT2D eigenvalue weighted by Gasteiger charge is -2.35. The van der Waals surface area contributed by atoms with Crippen LogP contribution in [0.5, 0.6) is 5.88 Å². The van der Waals surface area contributed by atoms with Crippen LogP contribution in [-0.2, 0) is 4.74 Å². The molecule has 0 radical (unpaired) electrons. The number of hydrogen-bond donors (Lipinski definition) is 1. The molecular weight excluding hydrogens is 346 g/mol. The van der Waals surface area contributed by atoms with Crippen molar-refractivity contribution in [3.05, 3.63) is 37.1 Å². The Morgan fingerprint density at radius 1 is 1.19 bits per heavy atom. The maximum Gasteiger partial charge on any atom is 0.244 e. The van der Waals surface area contributed by atoms with E-state index in [0.29, 0.717) is 17.6 Å². The third-order valence-electron chi connectivity index (χ3n) is 5.06. The second-order valence-electron chi connectivity index (χ2n) is 6.55. The maximum absolute atomic E-state index is 5.56. The fourth-order valence-electron chi connectivity index (χ4n) is 3.47. The van der Waals surface area contributed by atoms with Gasteiger partial charge in [-0.1, -0.05) is 0 Å². The molecule has 1 N–H and O–H groups in total. The monoisotopic (exact) mass is 365 g/mol. The molecule has 27 heavy (non-hydrogen) atoms. The SMILES string of the molecule is COc1nc(N[C@@H]2CC[C@@H]2OC)nn2ccc(-c3cnc4nccn4c3)c12. The van der Waals surface area contributed by atoms with Crippen LogP contribution in [0, 0.1) is 0 Å². The van der Waals surface area contributed by atoms with Crippen molar-refractivity contribution in [1.29, 1.82) is 0 Å². The van der Waals surface area contributed by atoms with Gasteiger partial charge >= 0.3 is 0 Å². The molecule has 0 unspecified atom stereocenters. The molecule has 9 nitrogen and oxygen atoms in total. The summed E-state index contributed by atoms with van der Waals surface area (Å²) in [6.45, 7) is 0. The van der Waals surface area contributed by atoms with Gasteiger partial charge in [0.2, 0.25) is 17.6 Å². The minimum Gasteiger partial charge on any atom is -0.479 e. The van der Waals surface area contributed by atoms with Gasteiger partial charge in [-0.3, -0.25) is 4.40 Å². The van der Waals surface area contributed by atoms with E-state index in [9.17, 15) is 0 Å². The summed E-state index contributed by atoms with van der Waals surface area (Å²) in [7, 11) is 3.34. The molecule has 138 valence electrons. The molecular formula is C18H19N7O2. The van der Waals surface area contributed by atoms with Crippen molar-refractivity contribution in [2.45, 2.75) is 25.0 Å². The second-order valence-corrected chi connectivity index (χ2v) is 6.55. The number of hydrogen-bond acceptors (Lipinski definition) is 7. The van der Waals surface area contributed by atoms with E-state index in [-0.39, 0.29) is 12.1 Å². The standard InChI is InChI=1S/C18H19N7O2/c1-26-14-4-3-13(14)21-17-22-16(27-2)15-12(5-7-25(15)23-17)11-9-20-18-19-6-8-24(18)10-11/h5-10,13-14H,3-4H2,1-2H3,(H,21,23)/t13-,14+/m1/s1. The highest BCUT2D eigenvalue weighted by molar-refractivity contribution is 5.84. The third kappa shape index (κ3) is 2.58. The Bertz CT molecular complexity index is 1120. The van der Waals surface area contributed by atoms with Gasteiger partial charge < -0.3 is 14.8 Å². The van der Waals surface area contributed by atoms with Crippen molar-refractivity contribution in [3.63, 3.8) is 0 Å². The van der Waals surface area contributed by atoms with Crippen LogP contribution in [0.15, 0.2) is 37.1 Å². The highest BCUT2D eigenvalue weighted by Gasteiger charge is 2.31. The predicted octanol–water partition coefficient (Wildman–Crippen LogP) is 2.04. The molecule has 5 rings (SSSR count). The molecule has 0 aliphatic heterocycles. The molecule has 0 bridgehead atoms. The summed E-state index contributed by atoms with van der Waals surface area (Å²) in [4.78, 5) is 13.1. The van der Waals surface area contributed by atoms with Gasteiger partial charge in [-0.25, -0.2) is 14.5 Å². The molecule has 0 amide bonds. The van der Waals surface area contributed by atoms with Gasteiger partial charge in [0.25, 0.3) is 0 Å². The van der Waals surface area contributed by atoms with E-state index in [1.165, 1.54) is 0 Å². The predicted molar refractivity (Wildman–Crippen MR) is 99.0 cm³/mol. The van der Waals surface area contributed by atoms with Gasteiger partial charge in [-0.05, 0) is 18.9 Å². The van der Waals surface area contributed by atoms with E-state index in [4.69, 9.17) is 9.47 Å². The number of nitrogens with one attached hydrogen (secondary N) is 1. The third-order valence-corrected chi connectivity index (χ3v) is 5.06. The molecule has 1 saturated carbocycles. The first kappa shape index (κ1) is 16.0. The van der Waals surface area contributed by atoms with E-state index >= 15 is 0 Å². The largest absolute Gasteiger partial charge is 0.479 e. The molecule has 0 spiro atoms. The first-order valence-electron chi connectivity index (χ1n) is 8.78. The zero-order valence-corrected chi connectivity index (χ0v) is 15.0. The number of methoxy groups -OCH3 is 2. The lowest BCUT2D eigenvalue weighted by molar-refractivity contribution is 0.0283. The van der Waals surface area contributed by atoms with Crippen LogP contribution < -0.4 is 10.1 Å². The van der Waals surface area contributed by atoms with Crippen LogP contribution in [0.2, 0.25) is 0 Å². The number of aromatic nitrogens is 6. The van der Waals surface area contributed by atoms with E-state index in [0.717, 1.165) is 29.5 Å². The van der Waals surface area contributed by atoms with Crippen molar-refractivity contribution >= 4 is 17.2 Å². The summed E-state index contributed by atoms with van der Waals surface area (Å²) in [5.74, 6) is 1.69. The van der Waals surface area contributed by atoms with E-state index in [1.54, 1.807) is 31.1 Å². The van der Waals surface area contributed by atoms with E-state index in [2.05, 4.69) is 25.4 Å². The molecule has 4 heterocycles. The smallest absolute Gasteiger partial charge is 0.244 e. The topological polar surface area (TPSA) is 90.9 Å². The number of anilines is 1. The molecule has 4 aromatic heterocycles. The molecule has 1 aliphatic carbocycles. The molecule has 1 fully saturated rings. The van der Waals surface area contributed by atoms with E-state index < -0.39 is 0 Å². The minimum absolute atomic E-state index is 0.198. The molecule has 2 atom stereocenters. The lowest BCUT2D eigenvalue weighted by Crippen LogP contribution is -2.44. The van der Waals surface area contributed by atoms with Gasteiger partial charge in [-0.2, -0.15) is 4.98 Å². The number of rotatable bonds is 5. The van der Waals surface area contributed by atoms with Crippen LogP contribution in [0.1, 0.15) is 12.8 Å². The number of imidazole rings is 1. The summed E-state index contributed by atoms with van der Waals surface area (Å²) in [6, 6.07) is 2.21. The molecule has 9 heteroatoms. The number of nitrogens with zero attached hydrogens (tertiary/aromatic N) is 6. The fourth-order valence-corrected chi connectivity index (χ4v) is 3.47. The van der Waals surface area contributed by atoms with Gasteiger partial charge in [0, 0.05) is 49.2 Å². The van der Waals surface area contributed by atoms with Crippen LogP contribution in [0.25, 0.3) is 22.4 Å². The van der Waals surface area contributed by atoms with Crippen LogP contribution in [0.3, 0.4) is 0 Å². The Morgan fingerprint density at radius 3 is 2.89 bits per heavy atom. The van der Waals surface area contributed by atoms with Crippen molar-refractivity contribution in [3.8, 4) is 17.0 Å². The Kier molecular flexibility index (Phi) is 3.68. The first-order valence-corrected chi connectivity index (χ1v) is 8.78. The molecule has 0 saturated heterocycles. The Morgan fingerprint density at radius 2 is 2.11 bits per heavy atom. The van der Waals surface area contributed by atoms with Crippen LogP contribution in [-0.4, -0.2) is 55.3 Å². The van der Waals surface area contributed by atoms with Gasteiger partial charge in [0.1, 0.15) is 5.52 Å². The Hall–Kier alpha value is -3.20. The quantitative estimate of drug-likeness (QED) is 0.579. The zero-order chi connectivity index (χ0) is 18.4. The lowest BCUT2D eigenvalue weighted by atomic mass is 9.89. The van der Waals surface area contributed by atoms with Crippen molar-refractivity contribution in [1.82, 2.24) is 29.0 Å². The average molecular weight is 365 g/mol. The summed E-state index contributed by atoms with van der Waals surface area (Å²) < 4.78 is 14.7. The highest BCUT2D eigenvalue weighted by atomic mass is 16.5. The molecule has 0 aromatic carbocycles. The first-order chi connectivity index (χ1) is 13.3. The normalized spacial score (nSPS) is 19.3. The van der Waals surface area contributed by atoms with E-state index in [1.807, 2.05) is 29.1 Å². The maximum atomic E-state index is 5.56. The minimum atomic E-state index is 0.198. The average Bonchev–Trinajstić information content (AvgIpc) is 3.31.